The summed E-state index contributed by atoms with van der Waals surface area (Å²) in [6.45, 7) is 12.9. The Bertz CT molecular complexity index is 844. The third-order valence-corrected chi connectivity index (χ3v) is 3.85. The van der Waals surface area contributed by atoms with Gasteiger partial charge in [0.15, 0.2) is 5.96 Å². The Morgan fingerprint density at radius 1 is 1.13 bits per heavy atom. The van der Waals surface area contributed by atoms with E-state index in [0.717, 1.165) is 11.3 Å². The van der Waals surface area contributed by atoms with Gasteiger partial charge >= 0.3 is 6.09 Å². The van der Waals surface area contributed by atoms with E-state index in [1.54, 1.807) is 6.26 Å². The quantitative estimate of drug-likeness (QED) is 0.273. The van der Waals surface area contributed by atoms with Crippen molar-refractivity contribution < 1.29 is 13.9 Å². The summed E-state index contributed by atoms with van der Waals surface area (Å²) in [4.78, 5) is 21.1. The van der Waals surface area contributed by atoms with Crippen LogP contribution in [0.5, 0.6) is 0 Å². The number of amides is 1. The van der Waals surface area contributed by atoms with Gasteiger partial charge in [-0.15, -0.1) is 24.0 Å². The molecule has 0 aliphatic carbocycles. The summed E-state index contributed by atoms with van der Waals surface area (Å²) in [6, 6.07) is 9.73. The molecule has 0 bridgehead atoms. The third-order valence-electron chi connectivity index (χ3n) is 3.85. The van der Waals surface area contributed by atoms with Gasteiger partial charge in [0.1, 0.15) is 17.6 Å². The SMILES string of the molecule is CCNC(=NCc1coc(-c2ccccc2)n1)NCC(C)(C)NC(=O)OC(C)(C)C.I. The molecule has 2 aromatic rings. The van der Waals surface area contributed by atoms with Crippen LogP contribution >= 0.6 is 24.0 Å². The van der Waals surface area contributed by atoms with E-state index >= 15 is 0 Å². The van der Waals surface area contributed by atoms with Gasteiger partial charge in [0.25, 0.3) is 0 Å². The number of carbonyl (C=O) groups excluding carboxylic acids is 1. The fourth-order valence-corrected chi connectivity index (χ4v) is 2.52. The molecule has 1 aromatic carbocycles. The molecule has 3 N–H and O–H groups in total. The van der Waals surface area contributed by atoms with Gasteiger partial charge in [-0.2, -0.15) is 0 Å². The van der Waals surface area contributed by atoms with Gasteiger partial charge < -0.3 is 25.1 Å². The van der Waals surface area contributed by atoms with Crippen LogP contribution in [0.2, 0.25) is 0 Å². The van der Waals surface area contributed by atoms with Crippen molar-refractivity contribution in [2.45, 2.75) is 59.2 Å². The third kappa shape index (κ3) is 10.0. The van der Waals surface area contributed by atoms with E-state index in [2.05, 4.69) is 25.9 Å². The van der Waals surface area contributed by atoms with Gasteiger partial charge in [-0.05, 0) is 53.7 Å². The Morgan fingerprint density at radius 3 is 2.42 bits per heavy atom. The number of aliphatic imine (C=N–C) groups is 1. The van der Waals surface area contributed by atoms with E-state index in [0.29, 0.717) is 31.5 Å². The second-order valence-electron chi connectivity index (χ2n) is 8.57. The summed E-state index contributed by atoms with van der Waals surface area (Å²) in [6.07, 6.45) is 1.16. The summed E-state index contributed by atoms with van der Waals surface area (Å²) in [7, 11) is 0. The highest BCUT2D eigenvalue weighted by atomic mass is 127. The van der Waals surface area contributed by atoms with Crippen molar-refractivity contribution in [3.63, 3.8) is 0 Å². The Hall–Kier alpha value is -2.30. The molecule has 0 aliphatic heterocycles. The molecule has 9 heteroatoms. The fourth-order valence-electron chi connectivity index (χ4n) is 2.52. The number of alkyl carbamates (subject to hydrolysis) is 1. The maximum atomic E-state index is 12.0. The lowest BCUT2D eigenvalue weighted by Gasteiger charge is -2.29. The van der Waals surface area contributed by atoms with Crippen molar-refractivity contribution in [1.29, 1.82) is 0 Å². The molecule has 2 rings (SSSR count). The fraction of sp³-hybridized carbons (Fsp3) is 0.500. The lowest BCUT2D eigenvalue weighted by molar-refractivity contribution is 0.0474. The van der Waals surface area contributed by atoms with Crippen molar-refractivity contribution in [2.24, 2.45) is 4.99 Å². The van der Waals surface area contributed by atoms with Crippen LogP contribution in [-0.4, -0.2) is 41.3 Å². The van der Waals surface area contributed by atoms with E-state index in [4.69, 9.17) is 9.15 Å². The Morgan fingerprint density at radius 2 is 1.81 bits per heavy atom. The van der Waals surface area contributed by atoms with Crippen molar-refractivity contribution in [2.75, 3.05) is 13.1 Å². The second kappa shape index (κ2) is 11.9. The number of halogens is 1. The van der Waals surface area contributed by atoms with E-state index in [9.17, 15) is 4.79 Å². The summed E-state index contributed by atoms with van der Waals surface area (Å²) in [5, 5.41) is 9.31. The van der Waals surface area contributed by atoms with E-state index in [-0.39, 0.29) is 24.0 Å². The monoisotopic (exact) mass is 543 g/mol. The first-order chi connectivity index (χ1) is 14.1. The van der Waals surface area contributed by atoms with Crippen LogP contribution in [0.25, 0.3) is 11.5 Å². The minimum absolute atomic E-state index is 0. The van der Waals surface area contributed by atoms with E-state index in [1.807, 2.05) is 71.9 Å². The second-order valence-corrected chi connectivity index (χ2v) is 8.57. The van der Waals surface area contributed by atoms with Gasteiger partial charge in [-0.25, -0.2) is 14.8 Å². The molecule has 0 atom stereocenters. The number of oxazole rings is 1. The van der Waals surface area contributed by atoms with Crippen LogP contribution in [0, 0.1) is 0 Å². The van der Waals surface area contributed by atoms with Gasteiger partial charge in [-0.1, -0.05) is 18.2 Å². The number of ether oxygens (including phenoxy) is 1. The minimum Gasteiger partial charge on any atom is -0.444 e. The smallest absolute Gasteiger partial charge is 0.408 e. The molecule has 0 spiro atoms. The molecule has 172 valence electrons. The average Bonchev–Trinajstić information content (AvgIpc) is 3.12. The number of rotatable bonds is 7. The summed E-state index contributed by atoms with van der Waals surface area (Å²) < 4.78 is 10.9. The number of nitrogens with one attached hydrogen (secondary N) is 3. The van der Waals surface area contributed by atoms with Gasteiger partial charge in [0.2, 0.25) is 5.89 Å². The number of carbonyl (C=O) groups is 1. The van der Waals surface area contributed by atoms with Crippen LogP contribution in [0.1, 0.15) is 47.2 Å². The first-order valence-corrected chi connectivity index (χ1v) is 10.1. The predicted molar refractivity (Wildman–Crippen MR) is 134 cm³/mol. The van der Waals surface area contributed by atoms with Crippen molar-refractivity contribution in [3.05, 3.63) is 42.3 Å². The van der Waals surface area contributed by atoms with E-state index < -0.39 is 17.2 Å². The van der Waals surface area contributed by atoms with Crippen LogP contribution < -0.4 is 16.0 Å². The number of hydrogen-bond acceptors (Lipinski definition) is 5. The molecule has 0 radical (unpaired) electrons. The average molecular weight is 543 g/mol. The van der Waals surface area contributed by atoms with Crippen molar-refractivity contribution in [3.8, 4) is 11.5 Å². The zero-order chi connectivity index (χ0) is 22.2. The lowest BCUT2D eigenvalue weighted by Crippen LogP contribution is -2.54. The molecule has 0 fully saturated rings. The van der Waals surface area contributed by atoms with Crippen LogP contribution in [-0.2, 0) is 11.3 Å². The minimum atomic E-state index is -0.541. The van der Waals surface area contributed by atoms with Crippen LogP contribution in [0.15, 0.2) is 46.0 Å². The molecule has 31 heavy (non-hydrogen) atoms. The maximum Gasteiger partial charge on any atom is 0.408 e. The summed E-state index contributed by atoms with van der Waals surface area (Å²) in [5.41, 5.74) is 0.581. The highest BCUT2D eigenvalue weighted by Gasteiger charge is 2.24. The van der Waals surface area contributed by atoms with Crippen molar-refractivity contribution >= 4 is 36.0 Å². The summed E-state index contributed by atoms with van der Waals surface area (Å²) >= 11 is 0. The molecule has 1 amide bonds. The Labute approximate surface area is 201 Å². The number of aromatic nitrogens is 1. The Kier molecular flexibility index (Phi) is 10.3. The molecule has 0 unspecified atom stereocenters. The first kappa shape index (κ1) is 26.7. The van der Waals surface area contributed by atoms with Gasteiger partial charge in [-0.3, -0.25) is 0 Å². The molecule has 0 saturated carbocycles. The largest absolute Gasteiger partial charge is 0.444 e. The van der Waals surface area contributed by atoms with Gasteiger partial charge in [0, 0.05) is 18.7 Å². The first-order valence-electron chi connectivity index (χ1n) is 10.1. The molecule has 0 saturated heterocycles. The zero-order valence-corrected chi connectivity index (χ0v) is 21.4. The molecule has 1 heterocycles. The topological polar surface area (TPSA) is 101 Å². The van der Waals surface area contributed by atoms with Crippen molar-refractivity contribution in [1.82, 2.24) is 20.9 Å². The predicted octanol–water partition coefficient (Wildman–Crippen LogP) is 4.32. The van der Waals surface area contributed by atoms with E-state index in [1.165, 1.54) is 0 Å². The number of guanidine groups is 1. The maximum absolute atomic E-state index is 12.0. The van der Waals surface area contributed by atoms with Crippen LogP contribution in [0.3, 0.4) is 0 Å². The zero-order valence-electron chi connectivity index (χ0n) is 19.1. The number of nitrogens with zero attached hydrogens (tertiary/aromatic N) is 2. The standard InChI is InChI=1S/C22H33N5O3.HI/c1-7-23-19(25-15-22(5,6)27-20(28)30-21(2,3)4)24-13-17-14-29-18(26-17)16-11-9-8-10-12-16;/h8-12,14H,7,13,15H2,1-6H3,(H,27,28)(H2,23,24,25);1H. The Balaban J connectivity index is 0.00000480. The molecule has 0 aliphatic rings. The number of benzene rings is 1. The molecule has 1 aromatic heterocycles. The normalized spacial score (nSPS) is 12.0. The molecular formula is C22H34IN5O3. The highest BCUT2D eigenvalue weighted by Crippen LogP contribution is 2.18. The molecular weight excluding hydrogens is 509 g/mol. The summed E-state index contributed by atoms with van der Waals surface area (Å²) in [5.74, 6) is 1.20. The molecule has 8 nitrogen and oxygen atoms in total. The number of hydrogen-bond donors (Lipinski definition) is 3. The lowest BCUT2D eigenvalue weighted by atomic mass is 10.1. The van der Waals surface area contributed by atoms with Crippen LogP contribution in [0.4, 0.5) is 4.79 Å². The highest BCUT2D eigenvalue weighted by molar-refractivity contribution is 14.0. The van der Waals surface area contributed by atoms with Gasteiger partial charge in [0.05, 0.1) is 12.1 Å².